The number of rotatable bonds is 8. The van der Waals surface area contributed by atoms with Crippen LogP contribution in [0.25, 0.3) is 5.57 Å². The summed E-state index contributed by atoms with van der Waals surface area (Å²) in [4.78, 5) is 23.5. The van der Waals surface area contributed by atoms with Crippen LogP contribution in [0.5, 0.6) is 0 Å². The van der Waals surface area contributed by atoms with Crippen molar-refractivity contribution in [2.45, 2.75) is 51.7 Å². The molecule has 2 amide bonds. The number of hydrogen-bond acceptors (Lipinski definition) is 8. The third-order valence-electron chi connectivity index (χ3n) is 4.30. The van der Waals surface area contributed by atoms with Crippen molar-refractivity contribution in [3.05, 3.63) is 23.0 Å². The number of thiazole rings is 1. The van der Waals surface area contributed by atoms with E-state index in [-0.39, 0.29) is 25.2 Å². The zero-order valence-corrected chi connectivity index (χ0v) is 17.6. The van der Waals surface area contributed by atoms with Gasteiger partial charge in [-0.15, -0.1) is 0 Å². The van der Waals surface area contributed by atoms with Crippen LogP contribution in [-0.4, -0.2) is 51.4 Å². The van der Waals surface area contributed by atoms with E-state index in [1.165, 1.54) is 11.3 Å². The number of aliphatic hydroxyl groups is 1. The predicted octanol–water partition coefficient (Wildman–Crippen LogP) is 3.04. The van der Waals surface area contributed by atoms with E-state index in [1.54, 1.807) is 13.8 Å². The molecule has 0 aromatic carbocycles. The number of nitrogens with zero attached hydrogens (tertiary/aromatic N) is 4. The summed E-state index contributed by atoms with van der Waals surface area (Å²) in [6.07, 6.45) is -1.97. The van der Waals surface area contributed by atoms with E-state index in [0.29, 0.717) is 36.2 Å². The zero-order chi connectivity index (χ0) is 21.9. The lowest BCUT2D eigenvalue weighted by molar-refractivity contribution is 0.0826. The molecule has 0 saturated heterocycles. The van der Waals surface area contributed by atoms with Crippen molar-refractivity contribution in [1.29, 1.82) is 0 Å². The maximum absolute atomic E-state index is 12.4. The quantitative estimate of drug-likeness (QED) is 0.575. The van der Waals surface area contributed by atoms with Crippen molar-refractivity contribution < 1.29 is 23.2 Å². The Morgan fingerprint density at radius 1 is 1.43 bits per heavy atom. The van der Waals surface area contributed by atoms with Gasteiger partial charge in [-0.3, -0.25) is 5.32 Å². The van der Waals surface area contributed by atoms with Crippen LogP contribution in [0, 0.1) is 0 Å². The Morgan fingerprint density at radius 3 is 2.90 bits per heavy atom. The summed E-state index contributed by atoms with van der Waals surface area (Å²) in [6, 6.07) is -0.149. The van der Waals surface area contributed by atoms with Gasteiger partial charge in [0.15, 0.2) is 11.0 Å². The fourth-order valence-electron chi connectivity index (χ4n) is 2.73. The average Bonchev–Trinajstić information content (AvgIpc) is 3.29. The molecule has 0 spiro atoms. The van der Waals surface area contributed by atoms with Gasteiger partial charge in [-0.2, -0.15) is 4.98 Å². The number of amides is 2. The lowest BCUT2D eigenvalue weighted by Crippen LogP contribution is -2.40. The van der Waals surface area contributed by atoms with E-state index >= 15 is 0 Å². The highest BCUT2D eigenvalue weighted by atomic mass is 32.1. The highest BCUT2D eigenvalue weighted by molar-refractivity contribution is 7.15. The van der Waals surface area contributed by atoms with Gasteiger partial charge in [0.1, 0.15) is 0 Å². The van der Waals surface area contributed by atoms with Gasteiger partial charge >= 0.3 is 12.0 Å². The Bertz CT molecular complexity index is 908. The van der Waals surface area contributed by atoms with Crippen LogP contribution in [0.4, 0.5) is 24.7 Å². The number of allylic oxidation sites excluding steroid dienone is 1. The normalized spacial score (nSPS) is 14.0. The topological polar surface area (TPSA) is 116 Å². The predicted molar refractivity (Wildman–Crippen MR) is 109 cm³/mol. The van der Waals surface area contributed by atoms with E-state index in [4.69, 9.17) is 4.52 Å². The summed E-state index contributed by atoms with van der Waals surface area (Å²) >= 11 is 1.34. The number of carbonyl (C=O) groups is 1. The molecular weight excluding hydrogens is 418 g/mol. The van der Waals surface area contributed by atoms with Crippen molar-refractivity contribution in [3.63, 3.8) is 0 Å². The minimum Gasteiger partial charge on any atom is -0.389 e. The Labute approximate surface area is 176 Å². The molecule has 0 radical (unpaired) electrons. The van der Waals surface area contributed by atoms with Gasteiger partial charge in [0.25, 0.3) is 0 Å². The van der Waals surface area contributed by atoms with E-state index in [2.05, 4.69) is 32.3 Å². The molecule has 0 atom stereocenters. The molecule has 30 heavy (non-hydrogen) atoms. The first-order chi connectivity index (χ1) is 14.1. The van der Waals surface area contributed by atoms with E-state index < -0.39 is 18.1 Å². The number of alkyl halides is 2. The van der Waals surface area contributed by atoms with Crippen molar-refractivity contribution in [1.82, 2.24) is 20.4 Å². The van der Waals surface area contributed by atoms with Gasteiger partial charge in [-0.1, -0.05) is 23.1 Å². The van der Waals surface area contributed by atoms with E-state index in [9.17, 15) is 18.7 Å². The van der Waals surface area contributed by atoms with Gasteiger partial charge in [-0.05, 0) is 25.8 Å². The SMILES string of the molecule is C=C(CCC(F)F)c1noc(N2CCc3nc(NC(=O)NCC(C)(C)O)sc3C2)n1. The van der Waals surface area contributed by atoms with Crippen LogP contribution in [0.1, 0.15) is 43.1 Å². The summed E-state index contributed by atoms with van der Waals surface area (Å²) in [6.45, 7) is 8.12. The summed E-state index contributed by atoms with van der Waals surface area (Å²) < 4.78 is 30.0. The first kappa shape index (κ1) is 22.1. The molecule has 2 aromatic rings. The van der Waals surface area contributed by atoms with Crippen LogP contribution in [0.15, 0.2) is 11.1 Å². The number of anilines is 2. The van der Waals surface area contributed by atoms with Crippen molar-refractivity contribution in [2.75, 3.05) is 23.3 Å². The van der Waals surface area contributed by atoms with Crippen LogP contribution in [-0.2, 0) is 13.0 Å². The second-order valence-electron chi connectivity index (χ2n) is 7.61. The van der Waals surface area contributed by atoms with Gasteiger partial charge < -0.3 is 19.8 Å². The van der Waals surface area contributed by atoms with Gasteiger partial charge in [-0.25, -0.2) is 18.6 Å². The Balaban J connectivity index is 1.59. The van der Waals surface area contributed by atoms with Crippen LogP contribution >= 0.6 is 11.3 Å². The summed E-state index contributed by atoms with van der Waals surface area (Å²) in [5.74, 6) is 0.228. The van der Waals surface area contributed by atoms with E-state index in [0.717, 1.165) is 10.6 Å². The maximum Gasteiger partial charge on any atom is 0.324 e. The number of carbonyl (C=O) groups excluding carboxylic acids is 1. The number of halogens is 2. The fraction of sp³-hybridized carbons (Fsp3) is 0.556. The maximum atomic E-state index is 12.4. The van der Waals surface area contributed by atoms with Crippen LogP contribution in [0.2, 0.25) is 0 Å². The molecule has 1 aliphatic heterocycles. The first-order valence-corrected chi connectivity index (χ1v) is 10.2. The molecule has 3 heterocycles. The fourth-order valence-corrected chi connectivity index (χ4v) is 3.75. The average molecular weight is 442 g/mol. The minimum absolute atomic E-state index is 0.0974. The minimum atomic E-state index is -2.40. The number of urea groups is 1. The Kier molecular flexibility index (Phi) is 6.66. The highest BCUT2D eigenvalue weighted by Gasteiger charge is 2.25. The van der Waals surface area contributed by atoms with Crippen molar-refractivity contribution >= 4 is 34.1 Å². The van der Waals surface area contributed by atoms with Crippen molar-refractivity contribution in [2.24, 2.45) is 0 Å². The van der Waals surface area contributed by atoms with Crippen LogP contribution in [0.3, 0.4) is 0 Å². The molecule has 3 N–H and O–H groups in total. The number of aromatic nitrogens is 3. The molecule has 164 valence electrons. The first-order valence-electron chi connectivity index (χ1n) is 9.41. The largest absolute Gasteiger partial charge is 0.389 e. The number of nitrogens with one attached hydrogen (secondary N) is 2. The molecule has 0 unspecified atom stereocenters. The standard InChI is InChI=1S/C18H24F2N6O3S/c1-10(4-5-13(19)20)14-23-17(29-25-14)26-7-6-11-12(8-26)30-16(22-11)24-15(27)21-9-18(2,3)28/h13,28H,1,4-9H2,2-3H3,(H2,21,22,24,27). The number of fused-ring (bicyclic) bond motifs is 1. The molecule has 3 rings (SSSR count). The van der Waals surface area contributed by atoms with Gasteiger partial charge in [0.2, 0.25) is 6.43 Å². The Morgan fingerprint density at radius 2 is 2.20 bits per heavy atom. The van der Waals surface area contributed by atoms with Gasteiger partial charge in [0, 0.05) is 30.8 Å². The van der Waals surface area contributed by atoms with Crippen LogP contribution < -0.4 is 15.5 Å². The summed E-state index contributed by atoms with van der Waals surface area (Å²) in [5, 5.41) is 19.2. The molecule has 9 nitrogen and oxygen atoms in total. The molecule has 0 saturated carbocycles. The molecule has 0 aliphatic carbocycles. The smallest absolute Gasteiger partial charge is 0.324 e. The lowest BCUT2D eigenvalue weighted by atomic mass is 10.1. The molecule has 0 fully saturated rings. The molecule has 2 aromatic heterocycles. The zero-order valence-electron chi connectivity index (χ0n) is 16.7. The molecule has 1 aliphatic rings. The van der Waals surface area contributed by atoms with Crippen molar-refractivity contribution in [3.8, 4) is 0 Å². The second-order valence-corrected chi connectivity index (χ2v) is 8.70. The monoisotopic (exact) mass is 442 g/mol. The van der Waals surface area contributed by atoms with Gasteiger partial charge in [0.05, 0.1) is 17.8 Å². The molecule has 0 bridgehead atoms. The highest BCUT2D eigenvalue weighted by Crippen LogP contribution is 2.31. The Hall–Kier alpha value is -2.60. The molecule has 12 heteroatoms. The third-order valence-corrected chi connectivity index (χ3v) is 5.30. The summed E-state index contributed by atoms with van der Waals surface area (Å²) in [7, 11) is 0. The summed E-state index contributed by atoms with van der Waals surface area (Å²) in [5.41, 5.74) is 0.285. The second kappa shape index (κ2) is 9.04. The number of hydrogen-bond donors (Lipinski definition) is 3. The van der Waals surface area contributed by atoms with E-state index in [1.807, 2.05) is 4.90 Å². The lowest BCUT2D eigenvalue weighted by Gasteiger charge is -2.23. The molecular formula is C18H24F2N6O3S. The third kappa shape index (κ3) is 5.95.